The standard InChI is InChI=1S/C26H21ClN2/c27-23-15-16-25(22(18-23)17-20-9-3-1-4-10-20)28-19-21-11-7-8-14-26(21)29-24-12-5-2-6-13-24/h1-19,25,29H. The Labute approximate surface area is 176 Å². The molecule has 1 aliphatic carbocycles. The molecule has 3 aromatic carbocycles. The van der Waals surface area contributed by atoms with Crippen LogP contribution >= 0.6 is 11.6 Å². The highest BCUT2D eigenvalue weighted by atomic mass is 35.5. The van der Waals surface area contributed by atoms with Crippen molar-refractivity contribution >= 4 is 35.3 Å². The van der Waals surface area contributed by atoms with E-state index in [2.05, 4.69) is 35.7 Å². The first kappa shape index (κ1) is 19.0. The van der Waals surface area contributed by atoms with E-state index in [1.165, 1.54) is 0 Å². The molecule has 0 spiro atoms. The van der Waals surface area contributed by atoms with Crippen molar-refractivity contribution in [3.05, 3.63) is 125 Å². The van der Waals surface area contributed by atoms with Crippen LogP contribution in [-0.4, -0.2) is 12.3 Å². The van der Waals surface area contributed by atoms with Gasteiger partial charge in [0.15, 0.2) is 0 Å². The van der Waals surface area contributed by atoms with E-state index >= 15 is 0 Å². The second-order valence-corrected chi connectivity index (χ2v) is 7.18. The molecule has 0 radical (unpaired) electrons. The van der Waals surface area contributed by atoms with E-state index in [0.717, 1.165) is 28.1 Å². The number of hydrogen-bond acceptors (Lipinski definition) is 2. The van der Waals surface area contributed by atoms with E-state index in [4.69, 9.17) is 16.6 Å². The predicted octanol–water partition coefficient (Wildman–Crippen LogP) is 6.99. The Morgan fingerprint density at radius 3 is 2.31 bits per heavy atom. The van der Waals surface area contributed by atoms with Gasteiger partial charge in [0.25, 0.3) is 0 Å². The zero-order valence-corrected chi connectivity index (χ0v) is 16.6. The normalized spacial score (nSPS) is 17.5. The quantitative estimate of drug-likeness (QED) is 0.461. The van der Waals surface area contributed by atoms with Crippen molar-refractivity contribution < 1.29 is 0 Å². The molecule has 3 heteroatoms. The lowest BCUT2D eigenvalue weighted by molar-refractivity contribution is 0.983. The summed E-state index contributed by atoms with van der Waals surface area (Å²) < 4.78 is 0. The third-order valence-corrected chi connectivity index (χ3v) is 4.84. The average molecular weight is 397 g/mol. The van der Waals surface area contributed by atoms with Gasteiger partial charge in [0, 0.05) is 28.2 Å². The summed E-state index contributed by atoms with van der Waals surface area (Å²) in [5, 5.41) is 4.17. The Balaban J connectivity index is 1.60. The molecule has 1 atom stereocenters. The van der Waals surface area contributed by atoms with Crippen LogP contribution in [0.4, 0.5) is 11.4 Å². The van der Waals surface area contributed by atoms with Gasteiger partial charge < -0.3 is 5.32 Å². The van der Waals surface area contributed by atoms with Crippen LogP contribution in [-0.2, 0) is 0 Å². The molecule has 0 heterocycles. The Morgan fingerprint density at radius 1 is 0.828 bits per heavy atom. The number of para-hydroxylation sites is 2. The highest BCUT2D eigenvalue weighted by Crippen LogP contribution is 2.25. The van der Waals surface area contributed by atoms with Crippen molar-refractivity contribution in [2.75, 3.05) is 5.32 Å². The van der Waals surface area contributed by atoms with E-state index in [0.29, 0.717) is 5.03 Å². The number of allylic oxidation sites excluding steroid dienone is 2. The second kappa shape index (κ2) is 9.22. The van der Waals surface area contributed by atoms with Crippen LogP contribution in [0.3, 0.4) is 0 Å². The van der Waals surface area contributed by atoms with Crippen LogP contribution in [0, 0.1) is 0 Å². The van der Waals surface area contributed by atoms with E-state index < -0.39 is 0 Å². The van der Waals surface area contributed by atoms with Crippen molar-refractivity contribution in [1.29, 1.82) is 0 Å². The molecule has 1 N–H and O–H groups in total. The first-order valence-electron chi connectivity index (χ1n) is 9.54. The number of hydrogen-bond donors (Lipinski definition) is 1. The van der Waals surface area contributed by atoms with Crippen LogP contribution in [0.5, 0.6) is 0 Å². The molecule has 0 saturated carbocycles. The largest absolute Gasteiger partial charge is 0.355 e. The number of anilines is 2. The first-order chi connectivity index (χ1) is 14.3. The van der Waals surface area contributed by atoms with E-state index in [9.17, 15) is 0 Å². The van der Waals surface area contributed by atoms with Crippen LogP contribution < -0.4 is 5.32 Å². The van der Waals surface area contributed by atoms with Gasteiger partial charge in [-0.1, -0.05) is 84.4 Å². The lowest BCUT2D eigenvalue weighted by Gasteiger charge is -2.15. The fourth-order valence-corrected chi connectivity index (χ4v) is 3.35. The second-order valence-electron chi connectivity index (χ2n) is 6.74. The summed E-state index contributed by atoms with van der Waals surface area (Å²) in [4.78, 5) is 4.84. The third-order valence-electron chi connectivity index (χ3n) is 4.60. The van der Waals surface area contributed by atoms with Crippen LogP contribution in [0.25, 0.3) is 6.08 Å². The Kier molecular flexibility index (Phi) is 6.04. The van der Waals surface area contributed by atoms with Gasteiger partial charge in [-0.15, -0.1) is 0 Å². The number of aliphatic imine (C=N–C) groups is 1. The summed E-state index contributed by atoms with van der Waals surface area (Å²) in [6.45, 7) is 0. The highest BCUT2D eigenvalue weighted by molar-refractivity contribution is 6.31. The van der Waals surface area contributed by atoms with Gasteiger partial charge in [0.2, 0.25) is 0 Å². The number of benzene rings is 3. The Hall–Kier alpha value is -3.36. The topological polar surface area (TPSA) is 24.4 Å². The van der Waals surface area contributed by atoms with Crippen molar-refractivity contribution in [2.24, 2.45) is 4.99 Å². The minimum absolute atomic E-state index is 0.0810. The molecule has 1 unspecified atom stereocenters. The Morgan fingerprint density at radius 2 is 1.52 bits per heavy atom. The van der Waals surface area contributed by atoms with Crippen LogP contribution in [0.1, 0.15) is 11.1 Å². The van der Waals surface area contributed by atoms with Gasteiger partial charge in [-0.3, -0.25) is 4.99 Å². The number of nitrogens with one attached hydrogen (secondary N) is 1. The van der Waals surface area contributed by atoms with E-state index in [-0.39, 0.29) is 6.04 Å². The molecule has 0 fully saturated rings. The summed E-state index contributed by atoms with van der Waals surface area (Å²) >= 11 is 6.25. The van der Waals surface area contributed by atoms with Crippen molar-refractivity contribution in [3.63, 3.8) is 0 Å². The summed E-state index contributed by atoms with van der Waals surface area (Å²) in [6.07, 6.45) is 9.96. The van der Waals surface area contributed by atoms with Gasteiger partial charge in [-0.2, -0.15) is 0 Å². The molecule has 29 heavy (non-hydrogen) atoms. The van der Waals surface area contributed by atoms with Crippen LogP contribution in [0.15, 0.2) is 119 Å². The van der Waals surface area contributed by atoms with Gasteiger partial charge >= 0.3 is 0 Å². The molecule has 0 bridgehead atoms. The van der Waals surface area contributed by atoms with Crippen molar-refractivity contribution in [1.82, 2.24) is 0 Å². The van der Waals surface area contributed by atoms with Crippen LogP contribution in [0.2, 0.25) is 0 Å². The molecular formula is C26H21ClN2. The minimum Gasteiger partial charge on any atom is -0.355 e. The smallest absolute Gasteiger partial charge is 0.0934 e. The molecule has 142 valence electrons. The maximum atomic E-state index is 6.25. The number of rotatable bonds is 5. The lowest BCUT2D eigenvalue weighted by Crippen LogP contribution is -2.07. The first-order valence-corrected chi connectivity index (χ1v) is 9.92. The molecule has 1 aliphatic rings. The number of nitrogens with zero attached hydrogens (tertiary/aromatic N) is 1. The molecule has 3 aromatic rings. The zero-order chi connectivity index (χ0) is 19.9. The average Bonchev–Trinajstić information content (AvgIpc) is 2.76. The summed E-state index contributed by atoms with van der Waals surface area (Å²) in [5.41, 5.74) is 5.29. The molecule has 0 saturated heterocycles. The minimum atomic E-state index is -0.0810. The molecule has 4 rings (SSSR count). The SMILES string of the molecule is ClC1=CC(=Cc2ccccc2)C(N=Cc2ccccc2Nc2ccccc2)C=C1. The summed E-state index contributed by atoms with van der Waals surface area (Å²) in [6, 6.07) is 28.4. The van der Waals surface area contributed by atoms with Crippen molar-refractivity contribution in [2.45, 2.75) is 6.04 Å². The van der Waals surface area contributed by atoms with Gasteiger partial charge in [0.05, 0.1) is 6.04 Å². The molecule has 0 amide bonds. The molecule has 2 nitrogen and oxygen atoms in total. The van der Waals surface area contributed by atoms with E-state index in [1.807, 2.05) is 85.1 Å². The predicted molar refractivity (Wildman–Crippen MR) is 125 cm³/mol. The van der Waals surface area contributed by atoms with Gasteiger partial charge in [0.1, 0.15) is 0 Å². The fraction of sp³-hybridized carbons (Fsp3) is 0.0385. The van der Waals surface area contributed by atoms with Gasteiger partial charge in [-0.25, -0.2) is 0 Å². The maximum Gasteiger partial charge on any atom is 0.0934 e. The third kappa shape index (κ3) is 5.13. The fourth-order valence-electron chi connectivity index (χ4n) is 3.15. The molecule has 0 aromatic heterocycles. The van der Waals surface area contributed by atoms with Gasteiger partial charge in [-0.05, 0) is 47.6 Å². The maximum absolute atomic E-state index is 6.25. The molecular weight excluding hydrogens is 376 g/mol. The Bertz CT molecular complexity index is 1080. The zero-order valence-electron chi connectivity index (χ0n) is 15.9. The monoisotopic (exact) mass is 396 g/mol. The van der Waals surface area contributed by atoms with Crippen molar-refractivity contribution in [3.8, 4) is 0 Å². The highest BCUT2D eigenvalue weighted by Gasteiger charge is 2.12. The summed E-state index contributed by atoms with van der Waals surface area (Å²) in [5.74, 6) is 0. The molecule has 0 aliphatic heterocycles. The lowest BCUT2D eigenvalue weighted by atomic mass is 9.99. The summed E-state index contributed by atoms with van der Waals surface area (Å²) in [7, 11) is 0. The van der Waals surface area contributed by atoms with E-state index in [1.54, 1.807) is 0 Å². The number of halogens is 1.